The van der Waals surface area contributed by atoms with E-state index < -0.39 is 6.30 Å². The van der Waals surface area contributed by atoms with Crippen LogP contribution in [0.15, 0.2) is 18.5 Å². The van der Waals surface area contributed by atoms with Gasteiger partial charge in [0, 0.05) is 30.9 Å². The lowest BCUT2D eigenvalue weighted by Crippen LogP contribution is -2.19. The summed E-state index contributed by atoms with van der Waals surface area (Å²) in [5, 5.41) is 3.30. The molecular weight excluding hydrogens is 311 g/mol. The highest BCUT2D eigenvalue weighted by molar-refractivity contribution is 5.63. The van der Waals surface area contributed by atoms with Crippen molar-refractivity contribution < 1.29 is 13.2 Å². The summed E-state index contributed by atoms with van der Waals surface area (Å²) in [6.45, 7) is 1.72. The zero-order chi connectivity index (χ0) is 17.0. The Kier molecular flexibility index (Phi) is 5.04. The highest BCUT2D eigenvalue weighted by atomic mass is 19.4. The molecule has 0 aliphatic carbocycles. The molecule has 3 heterocycles. The minimum absolute atomic E-state index is 0.0363. The van der Waals surface area contributed by atoms with Crippen LogP contribution in [0.25, 0.3) is 11.3 Å². The Hall–Kier alpha value is -2.36. The summed E-state index contributed by atoms with van der Waals surface area (Å²) >= 11 is 0. The van der Waals surface area contributed by atoms with Crippen molar-refractivity contribution in [2.45, 2.75) is 19.1 Å². The number of nitrogens with zero attached hydrogens (tertiary/aromatic N) is 5. The van der Waals surface area contributed by atoms with Gasteiger partial charge in [-0.15, -0.1) is 13.2 Å². The summed E-state index contributed by atoms with van der Waals surface area (Å²) in [4.78, 5) is 10.2. The van der Waals surface area contributed by atoms with Gasteiger partial charge in [0.15, 0.2) is 0 Å². The standard InChI is InChI=1S/C12H13F3N6.CH5N/c13-12(14,15)21-7-8(6-17-21)9-5-10(19-11(16)18-9)20-3-1-2-4-20;1-2/h5-7H,1-4H2,(H2,16,18,19);2H2,1H3. The molecule has 0 saturated carbocycles. The molecule has 0 bridgehead atoms. The molecule has 2 aromatic heterocycles. The van der Waals surface area contributed by atoms with Crippen LogP contribution in [0.4, 0.5) is 24.9 Å². The van der Waals surface area contributed by atoms with Gasteiger partial charge in [-0.1, -0.05) is 0 Å². The second kappa shape index (κ2) is 6.82. The number of hydrogen-bond donors (Lipinski definition) is 2. The molecular formula is C13H18F3N7. The van der Waals surface area contributed by atoms with Crippen LogP contribution in [-0.4, -0.2) is 39.9 Å². The van der Waals surface area contributed by atoms with Crippen molar-refractivity contribution in [3.05, 3.63) is 18.5 Å². The maximum Gasteiger partial charge on any atom is 0.504 e. The van der Waals surface area contributed by atoms with Crippen molar-refractivity contribution in [2.75, 3.05) is 30.8 Å². The summed E-state index contributed by atoms with van der Waals surface area (Å²) < 4.78 is 37.6. The van der Waals surface area contributed by atoms with Crippen LogP contribution in [-0.2, 0) is 6.30 Å². The third-order valence-electron chi connectivity index (χ3n) is 3.30. The average Bonchev–Trinajstić information content (AvgIpc) is 3.20. The lowest BCUT2D eigenvalue weighted by molar-refractivity contribution is -0.212. The minimum Gasteiger partial charge on any atom is -0.368 e. The first-order chi connectivity index (χ1) is 10.9. The van der Waals surface area contributed by atoms with Gasteiger partial charge in [0.05, 0.1) is 11.9 Å². The number of hydrogen-bond acceptors (Lipinski definition) is 6. The molecule has 3 rings (SSSR count). The second-order valence-corrected chi connectivity index (χ2v) is 4.81. The van der Waals surface area contributed by atoms with Crippen LogP contribution in [0, 0.1) is 0 Å². The molecule has 1 aliphatic rings. The number of rotatable bonds is 2. The first-order valence-corrected chi connectivity index (χ1v) is 7.03. The van der Waals surface area contributed by atoms with E-state index in [9.17, 15) is 13.2 Å². The van der Waals surface area contributed by atoms with Crippen molar-refractivity contribution in [1.82, 2.24) is 19.7 Å². The molecule has 0 amide bonds. The van der Waals surface area contributed by atoms with Gasteiger partial charge < -0.3 is 16.4 Å². The van der Waals surface area contributed by atoms with Crippen LogP contribution >= 0.6 is 0 Å². The fourth-order valence-electron chi connectivity index (χ4n) is 2.30. The van der Waals surface area contributed by atoms with Crippen molar-refractivity contribution in [3.63, 3.8) is 0 Å². The topological polar surface area (TPSA) is 98.9 Å². The molecule has 4 N–H and O–H groups in total. The van der Waals surface area contributed by atoms with Gasteiger partial charge in [0.1, 0.15) is 5.82 Å². The van der Waals surface area contributed by atoms with Gasteiger partial charge in [-0.05, 0) is 19.9 Å². The largest absolute Gasteiger partial charge is 0.504 e. The molecule has 0 spiro atoms. The van der Waals surface area contributed by atoms with Gasteiger partial charge >= 0.3 is 6.30 Å². The van der Waals surface area contributed by atoms with E-state index in [1.165, 1.54) is 7.05 Å². The lowest BCUT2D eigenvalue weighted by atomic mass is 10.2. The molecule has 23 heavy (non-hydrogen) atoms. The smallest absolute Gasteiger partial charge is 0.368 e. The molecule has 1 aliphatic heterocycles. The predicted octanol–water partition coefficient (Wildman–Crippen LogP) is 1.57. The summed E-state index contributed by atoms with van der Waals surface area (Å²) in [5.74, 6) is 0.670. The molecule has 2 aromatic rings. The summed E-state index contributed by atoms with van der Waals surface area (Å²) in [6, 6.07) is 1.64. The Balaban J connectivity index is 0.000000924. The maximum absolute atomic E-state index is 12.6. The molecule has 0 atom stereocenters. The molecule has 0 radical (unpaired) electrons. The van der Waals surface area contributed by atoms with Crippen LogP contribution < -0.4 is 16.4 Å². The van der Waals surface area contributed by atoms with Gasteiger partial charge in [-0.25, -0.2) is 4.98 Å². The molecule has 10 heteroatoms. The number of nitrogen functional groups attached to an aromatic ring is 1. The summed E-state index contributed by atoms with van der Waals surface area (Å²) in [6.07, 6.45) is -0.427. The first-order valence-electron chi connectivity index (χ1n) is 7.03. The highest BCUT2D eigenvalue weighted by Crippen LogP contribution is 2.27. The third kappa shape index (κ3) is 3.89. The monoisotopic (exact) mass is 329 g/mol. The van der Waals surface area contributed by atoms with E-state index in [0.29, 0.717) is 11.5 Å². The van der Waals surface area contributed by atoms with Gasteiger partial charge in [0.2, 0.25) is 5.95 Å². The average molecular weight is 329 g/mol. The number of alkyl halides is 3. The fraction of sp³-hybridized carbons (Fsp3) is 0.462. The molecule has 1 fully saturated rings. The van der Waals surface area contributed by atoms with Crippen LogP contribution in [0.3, 0.4) is 0 Å². The Labute approximate surface area is 131 Å². The molecule has 7 nitrogen and oxygen atoms in total. The summed E-state index contributed by atoms with van der Waals surface area (Å²) in [5.41, 5.74) is 10.7. The molecule has 1 saturated heterocycles. The Morgan fingerprint density at radius 2 is 1.78 bits per heavy atom. The predicted molar refractivity (Wildman–Crippen MR) is 80.5 cm³/mol. The third-order valence-corrected chi connectivity index (χ3v) is 3.30. The number of anilines is 2. The van der Waals surface area contributed by atoms with Crippen molar-refractivity contribution in [3.8, 4) is 11.3 Å². The van der Waals surface area contributed by atoms with Crippen LogP contribution in [0.5, 0.6) is 0 Å². The quantitative estimate of drug-likeness (QED) is 0.868. The van der Waals surface area contributed by atoms with E-state index in [1.54, 1.807) is 6.07 Å². The van der Waals surface area contributed by atoms with E-state index in [-0.39, 0.29) is 16.2 Å². The lowest BCUT2D eigenvalue weighted by Gasteiger charge is -2.16. The van der Waals surface area contributed by atoms with E-state index in [4.69, 9.17) is 5.73 Å². The second-order valence-electron chi connectivity index (χ2n) is 4.81. The summed E-state index contributed by atoms with van der Waals surface area (Å²) in [7, 11) is 1.50. The number of halogens is 3. The first kappa shape index (κ1) is 17.0. The van der Waals surface area contributed by atoms with Crippen molar-refractivity contribution >= 4 is 11.8 Å². The number of nitrogens with two attached hydrogens (primary N) is 2. The Morgan fingerprint density at radius 1 is 1.13 bits per heavy atom. The minimum atomic E-state index is -4.55. The SMILES string of the molecule is CN.Nc1nc(-c2cnn(C(F)(F)F)c2)cc(N2CCCC2)n1. The van der Waals surface area contributed by atoms with Crippen molar-refractivity contribution in [2.24, 2.45) is 5.73 Å². The number of aromatic nitrogens is 4. The molecule has 126 valence electrons. The zero-order valence-electron chi connectivity index (χ0n) is 12.6. The van der Waals surface area contributed by atoms with Gasteiger partial charge in [-0.2, -0.15) is 14.8 Å². The Bertz CT molecular complexity index is 647. The maximum atomic E-state index is 12.6. The Morgan fingerprint density at radius 3 is 2.35 bits per heavy atom. The van der Waals surface area contributed by atoms with E-state index in [0.717, 1.165) is 38.3 Å². The fourth-order valence-corrected chi connectivity index (χ4v) is 2.30. The van der Waals surface area contributed by atoms with E-state index in [1.807, 2.05) is 4.90 Å². The highest BCUT2D eigenvalue weighted by Gasteiger charge is 2.31. The van der Waals surface area contributed by atoms with E-state index >= 15 is 0 Å². The molecule has 0 unspecified atom stereocenters. The zero-order valence-corrected chi connectivity index (χ0v) is 12.6. The molecule has 0 aromatic carbocycles. The normalized spacial score (nSPS) is 14.6. The van der Waals surface area contributed by atoms with Crippen LogP contribution in [0.1, 0.15) is 12.8 Å². The van der Waals surface area contributed by atoms with Crippen LogP contribution in [0.2, 0.25) is 0 Å². The van der Waals surface area contributed by atoms with Gasteiger partial charge in [-0.3, -0.25) is 0 Å². The van der Waals surface area contributed by atoms with E-state index in [2.05, 4.69) is 20.8 Å². The van der Waals surface area contributed by atoms with Crippen molar-refractivity contribution in [1.29, 1.82) is 0 Å². The van der Waals surface area contributed by atoms with Gasteiger partial charge in [0.25, 0.3) is 0 Å².